The van der Waals surface area contributed by atoms with Gasteiger partial charge in [0.2, 0.25) is 0 Å². The molecule has 1 rings (SSSR count). The molecule has 1 saturated heterocycles. The molecule has 0 unspecified atom stereocenters. The van der Waals surface area contributed by atoms with Crippen molar-refractivity contribution in [3.8, 4) is 0 Å². The normalized spacial score (nSPS) is 17.4. The average molecular weight is 231 g/mol. The van der Waals surface area contributed by atoms with Crippen molar-refractivity contribution in [1.29, 1.82) is 0 Å². The van der Waals surface area contributed by atoms with Gasteiger partial charge in [-0.1, -0.05) is 6.92 Å². The van der Waals surface area contributed by atoms with Gasteiger partial charge in [0, 0.05) is 26.2 Å². The van der Waals surface area contributed by atoms with Gasteiger partial charge in [-0.2, -0.15) is 0 Å². The summed E-state index contributed by atoms with van der Waals surface area (Å²) in [6.07, 6.45) is 0. The Bertz CT molecular complexity index is 137. The van der Waals surface area contributed by atoms with E-state index in [4.69, 9.17) is 4.74 Å². The highest BCUT2D eigenvalue weighted by atomic mass is 16.5. The van der Waals surface area contributed by atoms with Crippen molar-refractivity contribution in [2.45, 2.75) is 6.92 Å². The molecule has 0 atom stereocenters. The molecule has 0 N–H and O–H groups in total. The van der Waals surface area contributed by atoms with Crippen LogP contribution in [-0.2, 0) is 4.74 Å². The highest BCUT2D eigenvalue weighted by Crippen LogP contribution is 1.93. The molecule has 1 aliphatic heterocycles. The largest absolute Gasteiger partial charge is 0.379 e. The molecule has 0 bridgehead atoms. The van der Waals surface area contributed by atoms with Crippen LogP contribution in [0.25, 0.3) is 0 Å². The maximum Gasteiger partial charge on any atom is 0.0594 e. The summed E-state index contributed by atoms with van der Waals surface area (Å²) in [5.41, 5.74) is 0. The van der Waals surface area contributed by atoms with E-state index >= 15 is 0 Å². The topological polar surface area (TPSA) is 19.0 Å². The maximum atomic E-state index is 5.16. The maximum absolute atomic E-state index is 5.16. The van der Waals surface area contributed by atoms with Crippen LogP contribution in [0.5, 0.6) is 0 Å². The Morgan fingerprint density at radius 3 is 1.62 bits per heavy atom. The third-order valence-corrected chi connectivity index (χ3v) is 2.55. The Morgan fingerprint density at radius 1 is 0.938 bits per heavy atom. The third kappa shape index (κ3) is 10.4. The Kier molecular flexibility index (Phi) is 9.92. The van der Waals surface area contributed by atoms with Crippen LogP contribution in [0.2, 0.25) is 0 Å². The fraction of sp³-hybridized carbons (Fsp3) is 1.00. The van der Waals surface area contributed by atoms with E-state index in [0.29, 0.717) is 0 Å². The Labute approximate surface area is 101 Å². The minimum atomic E-state index is 0.924. The molecule has 1 aliphatic rings. The van der Waals surface area contributed by atoms with Crippen molar-refractivity contribution in [3.05, 3.63) is 0 Å². The number of nitrogens with zero attached hydrogens (tertiary/aromatic N) is 3. The van der Waals surface area contributed by atoms with E-state index < -0.39 is 0 Å². The second kappa shape index (κ2) is 10.0. The van der Waals surface area contributed by atoms with Crippen LogP contribution in [0.1, 0.15) is 6.92 Å². The zero-order valence-corrected chi connectivity index (χ0v) is 11.7. The Hall–Kier alpha value is -0.160. The van der Waals surface area contributed by atoms with E-state index in [0.717, 1.165) is 39.4 Å². The summed E-state index contributed by atoms with van der Waals surface area (Å²) in [6, 6.07) is 0. The minimum absolute atomic E-state index is 0.924. The van der Waals surface area contributed by atoms with Gasteiger partial charge in [0.1, 0.15) is 0 Å². The lowest BCUT2D eigenvalue weighted by molar-refractivity contribution is 0.0405. The van der Waals surface area contributed by atoms with Gasteiger partial charge in [0.05, 0.1) is 13.2 Å². The van der Waals surface area contributed by atoms with Crippen LogP contribution in [0, 0.1) is 0 Å². The SMILES string of the molecule is CCN1CCOCC1.CN(C)CCN(C)C. The van der Waals surface area contributed by atoms with Gasteiger partial charge in [-0.05, 0) is 34.7 Å². The average Bonchev–Trinajstić information content (AvgIpc) is 2.28. The smallest absolute Gasteiger partial charge is 0.0594 e. The summed E-state index contributed by atoms with van der Waals surface area (Å²) in [6.45, 7) is 9.74. The molecule has 0 aromatic carbocycles. The van der Waals surface area contributed by atoms with Crippen LogP contribution in [0.4, 0.5) is 0 Å². The van der Waals surface area contributed by atoms with E-state index in [-0.39, 0.29) is 0 Å². The second-order valence-corrected chi connectivity index (χ2v) is 4.65. The number of hydrogen-bond donors (Lipinski definition) is 0. The molecule has 0 aromatic heterocycles. The molecule has 4 heteroatoms. The second-order valence-electron chi connectivity index (χ2n) is 4.65. The third-order valence-electron chi connectivity index (χ3n) is 2.55. The van der Waals surface area contributed by atoms with E-state index in [9.17, 15) is 0 Å². The number of hydrogen-bond acceptors (Lipinski definition) is 4. The summed E-state index contributed by atoms with van der Waals surface area (Å²) < 4.78 is 5.16. The van der Waals surface area contributed by atoms with Crippen LogP contribution in [0.15, 0.2) is 0 Å². The summed E-state index contributed by atoms with van der Waals surface area (Å²) in [5, 5.41) is 0. The van der Waals surface area contributed by atoms with Gasteiger partial charge in [-0.15, -0.1) is 0 Å². The van der Waals surface area contributed by atoms with Crippen molar-refractivity contribution in [3.63, 3.8) is 0 Å². The van der Waals surface area contributed by atoms with Gasteiger partial charge in [0.25, 0.3) is 0 Å². The van der Waals surface area contributed by atoms with Crippen molar-refractivity contribution in [1.82, 2.24) is 14.7 Å². The first-order valence-corrected chi connectivity index (χ1v) is 6.15. The molecule has 0 aliphatic carbocycles. The summed E-state index contributed by atoms with van der Waals surface area (Å²) in [4.78, 5) is 6.75. The molecule has 98 valence electrons. The summed E-state index contributed by atoms with van der Waals surface area (Å²) in [5.74, 6) is 0. The molecule has 0 spiro atoms. The van der Waals surface area contributed by atoms with Crippen molar-refractivity contribution in [2.75, 3.05) is 74.1 Å². The highest BCUT2D eigenvalue weighted by Gasteiger charge is 2.05. The van der Waals surface area contributed by atoms with Gasteiger partial charge in [-0.25, -0.2) is 0 Å². The van der Waals surface area contributed by atoms with Crippen LogP contribution >= 0.6 is 0 Å². The first-order chi connectivity index (χ1) is 7.56. The van der Waals surface area contributed by atoms with Gasteiger partial charge in [0.15, 0.2) is 0 Å². The lowest BCUT2D eigenvalue weighted by Gasteiger charge is -2.24. The Balaban J connectivity index is 0.000000281. The first-order valence-electron chi connectivity index (χ1n) is 6.15. The van der Waals surface area contributed by atoms with Crippen molar-refractivity contribution < 1.29 is 4.74 Å². The van der Waals surface area contributed by atoms with Crippen LogP contribution in [-0.4, -0.2) is 88.8 Å². The van der Waals surface area contributed by atoms with E-state index in [1.165, 1.54) is 6.54 Å². The molecule has 0 radical (unpaired) electrons. The standard InChI is InChI=1S/C6H16N2.C6H13NO/c1-7(2)5-6-8(3)4;1-2-7-3-5-8-6-4-7/h5-6H2,1-4H3;2-6H2,1H3. The van der Waals surface area contributed by atoms with Gasteiger partial charge >= 0.3 is 0 Å². The monoisotopic (exact) mass is 231 g/mol. The zero-order chi connectivity index (χ0) is 12.4. The number of rotatable bonds is 4. The minimum Gasteiger partial charge on any atom is -0.379 e. The summed E-state index contributed by atoms with van der Waals surface area (Å²) >= 11 is 0. The fourth-order valence-corrected chi connectivity index (χ4v) is 1.32. The lowest BCUT2D eigenvalue weighted by Crippen LogP contribution is -2.35. The molecule has 16 heavy (non-hydrogen) atoms. The molecular weight excluding hydrogens is 202 g/mol. The number of likely N-dealkylation sites (N-methyl/N-ethyl adjacent to an activating group) is 3. The molecule has 4 nitrogen and oxygen atoms in total. The first kappa shape index (κ1) is 15.8. The van der Waals surface area contributed by atoms with Gasteiger partial charge in [-0.3, -0.25) is 4.90 Å². The quantitative estimate of drug-likeness (QED) is 0.699. The van der Waals surface area contributed by atoms with E-state index in [1.54, 1.807) is 0 Å². The fourth-order valence-electron chi connectivity index (χ4n) is 1.32. The Morgan fingerprint density at radius 2 is 1.38 bits per heavy atom. The predicted molar refractivity (Wildman–Crippen MR) is 70.0 cm³/mol. The van der Waals surface area contributed by atoms with Crippen LogP contribution in [0.3, 0.4) is 0 Å². The highest BCUT2D eigenvalue weighted by molar-refractivity contribution is 4.57. The van der Waals surface area contributed by atoms with Crippen molar-refractivity contribution >= 4 is 0 Å². The predicted octanol–water partition coefficient (Wildman–Crippen LogP) is 0.448. The van der Waals surface area contributed by atoms with E-state index in [2.05, 4.69) is 49.8 Å². The lowest BCUT2D eigenvalue weighted by atomic mass is 10.4. The van der Waals surface area contributed by atoms with Crippen molar-refractivity contribution in [2.24, 2.45) is 0 Å². The van der Waals surface area contributed by atoms with E-state index in [1.807, 2.05) is 0 Å². The summed E-state index contributed by atoms with van der Waals surface area (Å²) in [7, 11) is 8.35. The molecule has 0 aromatic rings. The van der Waals surface area contributed by atoms with Gasteiger partial charge < -0.3 is 14.5 Å². The molecule has 0 amide bonds. The molecule has 0 saturated carbocycles. The molecular formula is C12H29N3O. The zero-order valence-electron chi connectivity index (χ0n) is 11.7. The number of ether oxygens (including phenoxy) is 1. The molecule has 1 heterocycles. The molecule has 1 fully saturated rings. The van der Waals surface area contributed by atoms with Crippen LogP contribution < -0.4 is 0 Å². The number of morpholine rings is 1.